The maximum atomic E-state index is 12.2. The molecule has 1 amide bonds. The molecule has 4 unspecified atom stereocenters. The molecule has 0 aromatic carbocycles. The standard InChI is InChI=1S/C14H19N3O2.C9H17NO/c18-10-13-2-1-3-14(9-13,5-4-13)17-12(19)11-8-15-6-7-16-11;10-9-3-1-2-8(6-9,7-11)4-5-9/h6-8,18H,1-5,9-10H2,(H,17,19);11H,1-7,10H2. The number of aliphatic hydroxyl groups is 2. The molecule has 0 spiro atoms. The first kappa shape index (κ1) is 21.7. The summed E-state index contributed by atoms with van der Waals surface area (Å²) in [7, 11) is 0. The molecule has 30 heavy (non-hydrogen) atoms. The Labute approximate surface area is 178 Å². The highest BCUT2D eigenvalue weighted by Gasteiger charge is 2.51. The van der Waals surface area contributed by atoms with Gasteiger partial charge in [0.25, 0.3) is 5.91 Å². The maximum absolute atomic E-state index is 12.2. The van der Waals surface area contributed by atoms with Crippen LogP contribution < -0.4 is 11.1 Å². The van der Waals surface area contributed by atoms with Crippen LogP contribution in [0.15, 0.2) is 18.6 Å². The fourth-order valence-corrected chi connectivity index (χ4v) is 6.63. The quantitative estimate of drug-likeness (QED) is 0.598. The lowest BCUT2D eigenvalue weighted by atomic mass is 9.73. The number of hydrogen-bond donors (Lipinski definition) is 4. The van der Waals surface area contributed by atoms with E-state index in [1.807, 2.05) is 0 Å². The third-order valence-corrected chi connectivity index (χ3v) is 8.32. The minimum absolute atomic E-state index is 0.0356. The lowest BCUT2D eigenvalue weighted by molar-refractivity contribution is 0.0712. The number of carbonyl (C=O) groups is 1. The van der Waals surface area contributed by atoms with Crippen LogP contribution in [-0.4, -0.2) is 50.4 Å². The summed E-state index contributed by atoms with van der Waals surface area (Å²) >= 11 is 0. The van der Waals surface area contributed by atoms with E-state index in [1.54, 1.807) is 6.20 Å². The van der Waals surface area contributed by atoms with Crippen LogP contribution in [0.5, 0.6) is 0 Å². The molecule has 7 nitrogen and oxygen atoms in total. The number of amides is 1. The van der Waals surface area contributed by atoms with Gasteiger partial charge in [-0.15, -0.1) is 0 Å². The summed E-state index contributed by atoms with van der Waals surface area (Å²) in [5.74, 6) is -0.149. The van der Waals surface area contributed by atoms with E-state index >= 15 is 0 Å². The van der Waals surface area contributed by atoms with Crippen LogP contribution in [0.2, 0.25) is 0 Å². The third-order valence-electron chi connectivity index (χ3n) is 8.32. The van der Waals surface area contributed by atoms with Crippen molar-refractivity contribution in [3.63, 3.8) is 0 Å². The van der Waals surface area contributed by atoms with Crippen LogP contribution in [-0.2, 0) is 0 Å². The highest BCUT2D eigenvalue weighted by molar-refractivity contribution is 5.92. The van der Waals surface area contributed by atoms with Crippen LogP contribution in [0.25, 0.3) is 0 Å². The van der Waals surface area contributed by atoms with E-state index in [2.05, 4.69) is 15.3 Å². The van der Waals surface area contributed by atoms with Crippen molar-refractivity contribution in [1.82, 2.24) is 15.3 Å². The van der Waals surface area contributed by atoms with Gasteiger partial charge in [0.15, 0.2) is 0 Å². The first-order valence-electron chi connectivity index (χ1n) is 11.4. The van der Waals surface area contributed by atoms with Gasteiger partial charge in [-0.25, -0.2) is 4.98 Å². The molecule has 4 aliphatic rings. The van der Waals surface area contributed by atoms with Gasteiger partial charge in [0.05, 0.1) is 6.20 Å². The molecule has 5 N–H and O–H groups in total. The summed E-state index contributed by atoms with van der Waals surface area (Å²) in [4.78, 5) is 20.2. The van der Waals surface area contributed by atoms with Crippen molar-refractivity contribution < 1.29 is 15.0 Å². The van der Waals surface area contributed by atoms with Crippen LogP contribution in [0.4, 0.5) is 0 Å². The molecule has 4 saturated carbocycles. The lowest BCUT2D eigenvalue weighted by Gasteiger charge is -2.39. The molecule has 4 fully saturated rings. The summed E-state index contributed by atoms with van der Waals surface area (Å²) in [6, 6.07) is 0. The van der Waals surface area contributed by atoms with E-state index in [0.29, 0.717) is 12.3 Å². The number of rotatable bonds is 4. The van der Waals surface area contributed by atoms with E-state index in [1.165, 1.54) is 31.7 Å². The predicted molar refractivity (Wildman–Crippen MR) is 114 cm³/mol. The van der Waals surface area contributed by atoms with E-state index in [9.17, 15) is 15.0 Å². The summed E-state index contributed by atoms with van der Waals surface area (Å²) < 4.78 is 0. The Morgan fingerprint density at radius 3 is 2.30 bits per heavy atom. The fraction of sp³-hybridized carbons (Fsp3) is 0.783. The van der Waals surface area contributed by atoms with Crippen LogP contribution in [0.3, 0.4) is 0 Å². The monoisotopic (exact) mass is 416 g/mol. The predicted octanol–water partition coefficient (Wildman–Crippen LogP) is 2.32. The highest BCUT2D eigenvalue weighted by Crippen LogP contribution is 2.53. The van der Waals surface area contributed by atoms with Gasteiger partial charge in [-0.3, -0.25) is 9.78 Å². The molecular formula is C23H36N4O3. The molecule has 1 aromatic heterocycles. The zero-order chi connectivity index (χ0) is 21.3. The molecule has 7 heteroatoms. The van der Waals surface area contributed by atoms with Crippen molar-refractivity contribution in [3.8, 4) is 0 Å². The maximum Gasteiger partial charge on any atom is 0.271 e. The Morgan fingerprint density at radius 1 is 0.933 bits per heavy atom. The molecule has 166 valence electrons. The van der Waals surface area contributed by atoms with Gasteiger partial charge in [0, 0.05) is 36.7 Å². The molecule has 0 saturated heterocycles. The number of aliphatic hydroxyl groups excluding tert-OH is 2. The minimum atomic E-state index is -0.149. The van der Waals surface area contributed by atoms with E-state index in [4.69, 9.17) is 5.73 Å². The molecule has 1 aromatic rings. The number of fused-ring (bicyclic) bond motifs is 4. The smallest absolute Gasteiger partial charge is 0.271 e. The molecule has 4 bridgehead atoms. The Morgan fingerprint density at radius 2 is 1.63 bits per heavy atom. The molecule has 4 atom stereocenters. The molecule has 0 aliphatic heterocycles. The fourth-order valence-electron chi connectivity index (χ4n) is 6.63. The van der Waals surface area contributed by atoms with E-state index in [0.717, 1.165) is 57.8 Å². The van der Waals surface area contributed by atoms with Crippen LogP contribution >= 0.6 is 0 Å². The van der Waals surface area contributed by atoms with Crippen molar-refractivity contribution in [2.45, 2.75) is 88.1 Å². The zero-order valence-electron chi connectivity index (χ0n) is 17.9. The van der Waals surface area contributed by atoms with Gasteiger partial charge in [-0.2, -0.15) is 0 Å². The summed E-state index contributed by atoms with van der Waals surface area (Å²) in [5.41, 5.74) is 6.73. The molecule has 0 radical (unpaired) electrons. The van der Waals surface area contributed by atoms with Gasteiger partial charge in [-0.05, 0) is 75.0 Å². The summed E-state index contributed by atoms with van der Waals surface area (Å²) in [6.07, 6.45) is 17.5. The second kappa shape index (κ2) is 8.17. The Kier molecular flexibility index (Phi) is 5.90. The first-order valence-corrected chi connectivity index (χ1v) is 11.4. The minimum Gasteiger partial charge on any atom is -0.396 e. The summed E-state index contributed by atoms with van der Waals surface area (Å²) in [6.45, 7) is 0.585. The number of nitrogens with one attached hydrogen (secondary N) is 1. The second-order valence-corrected chi connectivity index (χ2v) is 10.6. The Balaban J connectivity index is 0.000000168. The van der Waals surface area contributed by atoms with Crippen molar-refractivity contribution >= 4 is 5.91 Å². The largest absolute Gasteiger partial charge is 0.396 e. The highest BCUT2D eigenvalue weighted by atomic mass is 16.3. The van der Waals surface area contributed by atoms with Crippen molar-refractivity contribution in [3.05, 3.63) is 24.3 Å². The molecule has 1 heterocycles. The van der Waals surface area contributed by atoms with Gasteiger partial charge in [-0.1, -0.05) is 12.8 Å². The van der Waals surface area contributed by atoms with Crippen molar-refractivity contribution in [2.75, 3.05) is 13.2 Å². The van der Waals surface area contributed by atoms with Crippen molar-refractivity contribution in [1.29, 1.82) is 0 Å². The third kappa shape index (κ3) is 4.25. The average molecular weight is 417 g/mol. The molecular weight excluding hydrogens is 380 g/mol. The lowest BCUT2D eigenvalue weighted by Crippen LogP contribution is -2.49. The van der Waals surface area contributed by atoms with E-state index < -0.39 is 0 Å². The van der Waals surface area contributed by atoms with Gasteiger partial charge >= 0.3 is 0 Å². The number of nitrogens with two attached hydrogens (primary N) is 1. The summed E-state index contributed by atoms with van der Waals surface area (Å²) in [5, 5.41) is 22.0. The number of carbonyl (C=O) groups excluding carboxylic acids is 1. The van der Waals surface area contributed by atoms with Crippen LogP contribution in [0.1, 0.15) is 87.5 Å². The van der Waals surface area contributed by atoms with E-state index in [-0.39, 0.29) is 34.4 Å². The normalized spacial score (nSPS) is 39.2. The van der Waals surface area contributed by atoms with Crippen LogP contribution in [0, 0.1) is 10.8 Å². The zero-order valence-corrected chi connectivity index (χ0v) is 17.9. The van der Waals surface area contributed by atoms with Crippen molar-refractivity contribution in [2.24, 2.45) is 16.6 Å². The second-order valence-electron chi connectivity index (χ2n) is 10.6. The molecule has 4 aliphatic carbocycles. The number of aromatic nitrogens is 2. The first-order chi connectivity index (χ1) is 14.4. The SMILES string of the molecule is NC12CCCC(CO)(CC1)C2.O=C(NC12CCCC(CO)(CC1)C2)c1cnccn1. The Bertz CT molecular complexity index is 762. The van der Waals surface area contributed by atoms with Gasteiger partial charge < -0.3 is 21.3 Å². The van der Waals surface area contributed by atoms with Gasteiger partial charge in [0.2, 0.25) is 0 Å². The molecule has 5 rings (SSSR count). The number of hydrogen-bond acceptors (Lipinski definition) is 6. The Hall–Kier alpha value is -1.57. The topological polar surface area (TPSA) is 121 Å². The van der Waals surface area contributed by atoms with Gasteiger partial charge in [0.1, 0.15) is 5.69 Å². The number of nitrogens with zero attached hydrogens (tertiary/aromatic N) is 2. The average Bonchev–Trinajstić information content (AvgIpc) is 3.17.